The smallest absolute Gasteiger partial charge is 0.141 e. The molecule has 9 aromatic rings. The second-order valence-electron chi connectivity index (χ2n) is 11.8. The molecule has 0 N–H and O–H groups in total. The van der Waals surface area contributed by atoms with Crippen LogP contribution in [0.2, 0.25) is 0 Å². The monoisotopic (exact) mass is 582 g/mol. The van der Waals surface area contributed by atoms with E-state index >= 15 is 0 Å². The van der Waals surface area contributed by atoms with Crippen molar-refractivity contribution in [2.45, 2.75) is 0 Å². The number of hydrogen-bond acceptors (Lipinski definition) is 3. The molecule has 0 aliphatic heterocycles. The van der Waals surface area contributed by atoms with Gasteiger partial charge in [-0.15, -0.1) is 0 Å². The van der Waals surface area contributed by atoms with Gasteiger partial charge in [-0.05, 0) is 121 Å². The van der Waals surface area contributed by atoms with Crippen molar-refractivity contribution in [3.05, 3.63) is 146 Å². The van der Waals surface area contributed by atoms with Crippen LogP contribution < -0.4 is 16.1 Å². The summed E-state index contributed by atoms with van der Waals surface area (Å²) in [5.74, 6) is 0. The molecule has 4 radical (unpaired) electrons. The van der Waals surface area contributed by atoms with E-state index in [1.807, 2.05) is 12.1 Å². The van der Waals surface area contributed by atoms with E-state index < -0.39 is 0 Å². The average Bonchev–Trinajstić information content (AvgIpc) is 3.43. The van der Waals surface area contributed by atoms with Gasteiger partial charge in [-0.1, -0.05) is 72.8 Å². The van der Waals surface area contributed by atoms with E-state index in [2.05, 4.69) is 143 Å². The normalized spacial score (nSPS) is 11.7. The fourth-order valence-corrected chi connectivity index (χ4v) is 6.65. The van der Waals surface area contributed by atoms with Crippen LogP contribution in [0.4, 0.5) is 17.1 Å². The molecule has 210 valence electrons. The van der Waals surface area contributed by atoms with Crippen LogP contribution >= 0.6 is 0 Å². The summed E-state index contributed by atoms with van der Waals surface area (Å²) in [4.78, 5) is 6.42. The average molecular weight is 582 g/mol. The molecule has 2 heterocycles. The number of fused-ring (bicyclic) bond motifs is 6. The summed E-state index contributed by atoms with van der Waals surface area (Å²) >= 11 is 0. The number of aromatic nitrogens is 1. The lowest BCUT2D eigenvalue weighted by Crippen LogP contribution is -2.20. The minimum atomic E-state index is 0.408. The van der Waals surface area contributed by atoms with Crippen LogP contribution in [0.3, 0.4) is 0 Å². The molecule has 0 saturated heterocycles. The van der Waals surface area contributed by atoms with Gasteiger partial charge < -0.3 is 9.32 Å². The van der Waals surface area contributed by atoms with Crippen molar-refractivity contribution in [1.29, 1.82) is 0 Å². The highest BCUT2D eigenvalue weighted by atomic mass is 16.3. The van der Waals surface area contributed by atoms with Gasteiger partial charge in [0.2, 0.25) is 0 Å². The lowest BCUT2D eigenvalue weighted by Gasteiger charge is -2.26. The minimum Gasteiger partial charge on any atom is -0.456 e. The molecule has 0 aliphatic carbocycles. The standard InChI is InChI=1S/C41H24B2N2O/c42-40-22-32(23-41(43)44-40)30-9-10-31-19-34(14-12-29(31)17-30)45(33-13-11-25-5-1-2-6-26(25)18-33)35-15-16-36-37-20-27-7-3-4-8-28(27)21-38(37)46-39(36)24-35/h1-24H. The third-order valence-corrected chi connectivity index (χ3v) is 8.85. The van der Waals surface area contributed by atoms with E-state index in [0.717, 1.165) is 60.9 Å². The molecule has 5 heteroatoms. The first-order valence-corrected chi connectivity index (χ1v) is 15.3. The van der Waals surface area contributed by atoms with E-state index in [1.165, 1.54) is 21.5 Å². The first kappa shape index (κ1) is 26.6. The largest absolute Gasteiger partial charge is 0.456 e. The first-order chi connectivity index (χ1) is 22.6. The van der Waals surface area contributed by atoms with Crippen LogP contribution in [-0.2, 0) is 0 Å². The van der Waals surface area contributed by atoms with Crippen molar-refractivity contribution < 1.29 is 4.42 Å². The van der Waals surface area contributed by atoms with Gasteiger partial charge in [-0.25, -0.2) is 0 Å². The Morgan fingerprint density at radius 1 is 0.413 bits per heavy atom. The summed E-state index contributed by atoms with van der Waals surface area (Å²) in [7, 11) is 12.0. The highest BCUT2D eigenvalue weighted by Gasteiger charge is 2.17. The minimum absolute atomic E-state index is 0.408. The molecule has 0 atom stereocenters. The van der Waals surface area contributed by atoms with Crippen LogP contribution in [-0.4, -0.2) is 20.7 Å². The van der Waals surface area contributed by atoms with Gasteiger partial charge in [0.25, 0.3) is 0 Å². The number of pyridine rings is 1. The third kappa shape index (κ3) is 4.52. The quantitative estimate of drug-likeness (QED) is 0.194. The van der Waals surface area contributed by atoms with Crippen LogP contribution in [0.25, 0.3) is 65.4 Å². The first-order valence-electron chi connectivity index (χ1n) is 15.3. The number of hydrogen-bond donors (Lipinski definition) is 0. The Kier molecular flexibility index (Phi) is 6.01. The molecule has 9 rings (SSSR count). The Bertz CT molecular complexity index is 2620. The summed E-state index contributed by atoms with van der Waals surface area (Å²) < 4.78 is 6.49. The van der Waals surface area contributed by atoms with Crippen molar-refractivity contribution in [3.8, 4) is 11.1 Å². The van der Waals surface area contributed by atoms with Gasteiger partial charge in [-0.3, -0.25) is 4.98 Å². The van der Waals surface area contributed by atoms with Gasteiger partial charge in [0, 0.05) is 33.9 Å². The summed E-state index contributed by atoms with van der Waals surface area (Å²) in [6, 6.07) is 51.1. The van der Waals surface area contributed by atoms with Crippen LogP contribution in [0.15, 0.2) is 150 Å². The summed E-state index contributed by atoms with van der Waals surface area (Å²) in [6.07, 6.45) is 0. The predicted octanol–water partition coefficient (Wildman–Crippen LogP) is 9.16. The number of anilines is 3. The molecular weight excluding hydrogens is 558 g/mol. The Hall–Kier alpha value is -5.80. The molecular formula is C41H24B2N2O. The van der Waals surface area contributed by atoms with Gasteiger partial charge in [-0.2, -0.15) is 0 Å². The number of rotatable bonds is 4. The van der Waals surface area contributed by atoms with Crippen molar-refractivity contribution in [3.63, 3.8) is 0 Å². The fourth-order valence-electron chi connectivity index (χ4n) is 6.65. The molecule has 0 spiro atoms. The van der Waals surface area contributed by atoms with E-state index in [9.17, 15) is 0 Å². The molecule has 0 amide bonds. The molecule has 0 aliphatic rings. The summed E-state index contributed by atoms with van der Waals surface area (Å²) in [5, 5.41) is 9.23. The van der Waals surface area contributed by atoms with Crippen LogP contribution in [0, 0.1) is 0 Å². The topological polar surface area (TPSA) is 29.3 Å². The summed E-state index contributed by atoms with van der Waals surface area (Å²) in [5.41, 5.74) is 7.68. The second-order valence-corrected chi connectivity index (χ2v) is 11.8. The molecule has 0 unspecified atom stereocenters. The fraction of sp³-hybridized carbons (Fsp3) is 0. The maximum Gasteiger partial charge on any atom is 0.141 e. The van der Waals surface area contributed by atoms with Crippen molar-refractivity contribution in [1.82, 2.24) is 4.98 Å². The zero-order chi connectivity index (χ0) is 30.8. The van der Waals surface area contributed by atoms with Gasteiger partial charge >= 0.3 is 0 Å². The van der Waals surface area contributed by atoms with E-state index in [4.69, 9.17) is 20.1 Å². The zero-order valence-corrected chi connectivity index (χ0v) is 24.8. The molecule has 0 saturated carbocycles. The molecule has 46 heavy (non-hydrogen) atoms. The number of benzene rings is 7. The van der Waals surface area contributed by atoms with Crippen molar-refractivity contribution in [2.24, 2.45) is 0 Å². The molecule has 0 fully saturated rings. The van der Waals surface area contributed by atoms with Crippen molar-refractivity contribution in [2.75, 3.05) is 4.90 Å². The highest BCUT2D eigenvalue weighted by Crippen LogP contribution is 2.41. The number of furan rings is 1. The Morgan fingerprint density at radius 2 is 0.935 bits per heavy atom. The molecule has 0 bridgehead atoms. The van der Waals surface area contributed by atoms with Crippen molar-refractivity contribution >= 4 is 98.2 Å². The second kappa shape index (κ2) is 10.4. The van der Waals surface area contributed by atoms with Gasteiger partial charge in [0.1, 0.15) is 26.9 Å². The van der Waals surface area contributed by atoms with E-state index in [0.29, 0.717) is 11.2 Å². The maximum absolute atomic E-state index is 6.49. The molecule has 3 nitrogen and oxygen atoms in total. The van der Waals surface area contributed by atoms with Gasteiger partial charge in [0.15, 0.2) is 0 Å². The van der Waals surface area contributed by atoms with Gasteiger partial charge in [0.05, 0.1) is 0 Å². The SMILES string of the molecule is [B]c1cc(-c2ccc3cc(N(c4ccc5ccccc5c4)c4ccc5c(c4)oc4cc6ccccc6cc45)ccc3c2)cc([B])n1. The number of nitrogens with zero attached hydrogens (tertiary/aromatic N) is 2. The highest BCUT2D eigenvalue weighted by molar-refractivity contribution is 6.35. The van der Waals surface area contributed by atoms with Crippen LogP contribution in [0.5, 0.6) is 0 Å². The molecule has 7 aromatic carbocycles. The Labute approximate surface area is 268 Å². The Morgan fingerprint density at radius 3 is 1.67 bits per heavy atom. The summed E-state index contributed by atoms with van der Waals surface area (Å²) in [6.45, 7) is 0. The third-order valence-electron chi connectivity index (χ3n) is 8.85. The molecule has 2 aromatic heterocycles. The zero-order valence-electron chi connectivity index (χ0n) is 24.8. The predicted molar refractivity (Wildman–Crippen MR) is 195 cm³/mol. The Balaban J connectivity index is 1.20. The maximum atomic E-state index is 6.49. The van der Waals surface area contributed by atoms with E-state index in [-0.39, 0.29) is 0 Å². The van der Waals surface area contributed by atoms with E-state index in [1.54, 1.807) is 0 Å². The lowest BCUT2D eigenvalue weighted by molar-refractivity contribution is 0.669. The van der Waals surface area contributed by atoms with Crippen LogP contribution in [0.1, 0.15) is 0 Å². The lowest BCUT2D eigenvalue weighted by atomic mass is 9.92.